The Kier molecular flexibility index (Phi) is 10.5. The number of amides is 1. The molecule has 38 heavy (non-hydrogen) atoms. The van der Waals surface area contributed by atoms with Crippen molar-refractivity contribution >= 4 is 17.7 Å². The van der Waals surface area contributed by atoms with Crippen LogP contribution < -0.4 is 20.9 Å². The average Bonchev–Trinajstić information content (AvgIpc) is 2.94. The van der Waals surface area contributed by atoms with Gasteiger partial charge in [-0.3, -0.25) is 9.69 Å². The van der Waals surface area contributed by atoms with E-state index in [1.807, 2.05) is 6.20 Å². The zero-order valence-corrected chi connectivity index (χ0v) is 23.2. The minimum absolute atomic E-state index is 0.155. The lowest BCUT2D eigenvalue weighted by Crippen LogP contribution is -2.57. The van der Waals surface area contributed by atoms with E-state index in [0.29, 0.717) is 12.1 Å². The number of carbonyl (C=O) groups is 1. The minimum Gasteiger partial charge on any atom is -0.381 e. The van der Waals surface area contributed by atoms with Crippen molar-refractivity contribution in [1.82, 2.24) is 25.5 Å². The number of nitrogens with one attached hydrogen (secondary N) is 3. The van der Waals surface area contributed by atoms with Crippen LogP contribution in [0.3, 0.4) is 0 Å². The highest BCUT2D eigenvalue weighted by Gasteiger charge is 2.36. The number of hydrogen-bond acceptors (Lipinski definition) is 8. The smallest absolute Gasteiger partial charge is 0.224 e. The predicted octanol–water partition coefficient (Wildman–Crippen LogP) is 3.18. The highest BCUT2D eigenvalue weighted by Crippen LogP contribution is 2.29. The van der Waals surface area contributed by atoms with Crippen LogP contribution >= 0.6 is 0 Å². The zero-order valence-electron chi connectivity index (χ0n) is 23.2. The van der Waals surface area contributed by atoms with Crippen molar-refractivity contribution in [2.24, 2.45) is 5.92 Å². The topological polar surface area (TPSA) is 94.7 Å². The quantitative estimate of drug-likeness (QED) is 0.475. The number of nitrogens with zero attached hydrogens (tertiary/aromatic N) is 4. The van der Waals surface area contributed by atoms with Gasteiger partial charge in [-0.1, -0.05) is 19.3 Å². The lowest BCUT2D eigenvalue weighted by Gasteiger charge is -2.47. The normalized spacial score (nSPS) is 26.9. The first kappa shape index (κ1) is 27.6. The molecule has 9 heteroatoms. The van der Waals surface area contributed by atoms with Crippen molar-refractivity contribution in [2.75, 3.05) is 62.7 Å². The molecule has 4 fully saturated rings. The van der Waals surface area contributed by atoms with E-state index in [1.165, 1.54) is 38.5 Å². The summed E-state index contributed by atoms with van der Waals surface area (Å²) in [5, 5.41) is 10.4. The molecule has 212 valence electrons. The summed E-state index contributed by atoms with van der Waals surface area (Å²) >= 11 is 0. The maximum absolute atomic E-state index is 12.8. The van der Waals surface area contributed by atoms with Crippen LogP contribution in [0.25, 0.3) is 0 Å². The first-order valence-electron chi connectivity index (χ1n) is 15.4. The van der Waals surface area contributed by atoms with Crippen molar-refractivity contribution in [3.05, 3.63) is 12.3 Å². The van der Waals surface area contributed by atoms with Crippen molar-refractivity contribution in [3.63, 3.8) is 0 Å². The van der Waals surface area contributed by atoms with E-state index in [1.54, 1.807) is 0 Å². The molecule has 0 unspecified atom stereocenters. The third-order valence-corrected chi connectivity index (χ3v) is 9.07. The molecule has 0 aromatic carbocycles. The summed E-state index contributed by atoms with van der Waals surface area (Å²) in [6.45, 7) is 7.58. The second-order valence-electron chi connectivity index (χ2n) is 11.6. The SMILES string of the molecule is O=C(NCC[C@@H]1[C@@H](Nc2nccc(N3CCCCCCC3)n2)CCCN1C1CCOCC1)C1CCNCC1. The summed E-state index contributed by atoms with van der Waals surface area (Å²) in [6.07, 6.45) is 15.6. The third kappa shape index (κ3) is 7.57. The molecule has 0 radical (unpaired) electrons. The van der Waals surface area contributed by atoms with Gasteiger partial charge in [0.15, 0.2) is 0 Å². The molecule has 0 spiro atoms. The Morgan fingerprint density at radius 2 is 1.74 bits per heavy atom. The second kappa shape index (κ2) is 14.4. The molecule has 5 rings (SSSR count). The zero-order chi connectivity index (χ0) is 26.0. The standard InChI is InChI=1S/C29H49N7O2/c37-28(23-8-14-30-15-9-23)31-16-10-26-25(7-6-20-36(26)24-12-21-38-22-13-24)33-29-32-17-11-27(34-29)35-18-4-2-1-3-5-19-35/h11,17,23-26,30H,1-10,12-16,18-22H2,(H,31,37)(H,32,33,34)/t25-,26+/m0/s1. The number of hydrogen-bond donors (Lipinski definition) is 3. The van der Waals surface area contributed by atoms with Gasteiger partial charge in [0.2, 0.25) is 11.9 Å². The average molecular weight is 528 g/mol. The van der Waals surface area contributed by atoms with Gasteiger partial charge in [0, 0.05) is 63.1 Å². The summed E-state index contributed by atoms with van der Waals surface area (Å²) in [5.74, 6) is 2.18. The second-order valence-corrected chi connectivity index (χ2v) is 11.6. The van der Waals surface area contributed by atoms with E-state index in [0.717, 1.165) is 103 Å². The van der Waals surface area contributed by atoms with Crippen LogP contribution in [-0.4, -0.2) is 91.4 Å². The molecule has 4 saturated heterocycles. The molecule has 1 aromatic heterocycles. The lowest BCUT2D eigenvalue weighted by molar-refractivity contribution is -0.125. The molecule has 3 N–H and O–H groups in total. The first-order chi connectivity index (χ1) is 18.8. The largest absolute Gasteiger partial charge is 0.381 e. The van der Waals surface area contributed by atoms with E-state index in [2.05, 4.69) is 36.8 Å². The monoisotopic (exact) mass is 527 g/mol. The van der Waals surface area contributed by atoms with Crippen molar-refractivity contribution in [3.8, 4) is 0 Å². The molecule has 4 aliphatic rings. The van der Waals surface area contributed by atoms with Gasteiger partial charge in [-0.05, 0) is 83.5 Å². The molecule has 1 amide bonds. The van der Waals surface area contributed by atoms with E-state index in [4.69, 9.17) is 9.72 Å². The summed E-state index contributed by atoms with van der Waals surface area (Å²) in [7, 11) is 0. The maximum Gasteiger partial charge on any atom is 0.224 e. The van der Waals surface area contributed by atoms with E-state index in [9.17, 15) is 4.79 Å². The van der Waals surface area contributed by atoms with Crippen LogP contribution in [0.5, 0.6) is 0 Å². The number of aromatic nitrogens is 2. The first-order valence-corrected chi connectivity index (χ1v) is 15.4. The Hall–Kier alpha value is -1.97. The molecule has 9 nitrogen and oxygen atoms in total. The van der Waals surface area contributed by atoms with Crippen LogP contribution in [0.1, 0.15) is 77.0 Å². The fraction of sp³-hybridized carbons (Fsp3) is 0.828. The van der Waals surface area contributed by atoms with E-state index in [-0.39, 0.29) is 17.9 Å². The van der Waals surface area contributed by atoms with Gasteiger partial charge in [-0.15, -0.1) is 0 Å². The maximum atomic E-state index is 12.8. The molecule has 2 atom stereocenters. The molecule has 4 aliphatic heterocycles. The Morgan fingerprint density at radius 3 is 2.53 bits per heavy atom. The fourth-order valence-corrected chi connectivity index (χ4v) is 6.90. The van der Waals surface area contributed by atoms with E-state index < -0.39 is 0 Å². The molecule has 1 aromatic rings. The van der Waals surface area contributed by atoms with Gasteiger partial charge in [0.05, 0.1) is 0 Å². The van der Waals surface area contributed by atoms with Crippen molar-refractivity contribution in [1.29, 1.82) is 0 Å². The number of ether oxygens (including phenoxy) is 1. The van der Waals surface area contributed by atoms with Gasteiger partial charge >= 0.3 is 0 Å². The molecular weight excluding hydrogens is 478 g/mol. The summed E-state index contributed by atoms with van der Waals surface area (Å²) in [4.78, 5) is 27.6. The van der Waals surface area contributed by atoms with Crippen molar-refractivity contribution < 1.29 is 9.53 Å². The molecule has 0 saturated carbocycles. The minimum atomic E-state index is 0.155. The van der Waals surface area contributed by atoms with Gasteiger partial charge in [0.25, 0.3) is 0 Å². The van der Waals surface area contributed by atoms with Crippen LogP contribution in [0.2, 0.25) is 0 Å². The number of rotatable bonds is 8. The Bertz CT molecular complexity index is 851. The summed E-state index contributed by atoms with van der Waals surface area (Å²) in [6, 6.07) is 3.22. The van der Waals surface area contributed by atoms with Gasteiger partial charge in [-0.25, -0.2) is 4.98 Å². The molecule has 0 bridgehead atoms. The lowest BCUT2D eigenvalue weighted by atomic mass is 9.90. The number of piperidine rings is 2. The van der Waals surface area contributed by atoms with Crippen LogP contribution in [0, 0.1) is 5.92 Å². The molecule has 0 aliphatic carbocycles. The Labute approximate surface area is 228 Å². The molecule has 5 heterocycles. The van der Waals surface area contributed by atoms with Crippen LogP contribution in [0.15, 0.2) is 12.3 Å². The predicted molar refractivity (Wildman–Crippen MR) is 152 cm³/mol. The number of carbonyl (C=O) groups excluding carboxylic acids is 1. The summed E-state index contributed by atoms with van der Waals surface area (Å²) in [5.41, 5.74) is 0. The van der Waals surface area contributed by atoms with Crippen LogP contribution in [0.4, 0.5) is 11.8 Å². The highest BCUT2D eigenvalue weighted by atomic mass is 16.5. The van der Waals surface area contributed by atoms with E-state index >= 15 is 0 Å². The Balaban J connectivity index is 1.25. The number of likely N-dealkylation sites (tertiary alicyclic amines) is 1. The van der Waals surface area contributed by atoms with Crippen LogP contribution in [-0.2, 0) is 9.53 Å². The van der Waals surface area contributed by atoms with Crippen molar-refractivity contribution in [2.45, 2.75) is 95.2 Å². The Morgan fingerprint density at radius 1 is 0.974 bits per heavy atom. The third-order valence-electron chi connectivity index (χ3n) is 9.07. The molecular formula is C29H49N7O2. The highest BCUT2D eigenvalue weighted by molar-refractivity contribution is 5.78. The van der Waals surface area contributed by atoms with Gasteiger partial charge in [0.1, 0.15) is 5.82 Å². The fourth-order valence-electron chi connectivity index (χ4n) is 6.90. The number of anilines is 2. The van der Waals surface area contributed by atoms with Gasteiger partial charge in [-0.2, -0.15) is 4.98 Å². The summed E-state index contributed by atoms with van der Waals surface area (Å²) < 4.78 is 5.69. The van der Waals surface area contributed by atoms with Gasteiger partial charge < -0.3 is 25.6 Å².